The number of carbonyl (C=O) groups excluding carboxylic acids is 3. The molecule has 0 bridgehead atoms. The topological polar surface area (TPSA) is 98.1 Å². The van der Waals surface area contributed by atoms with Gasteiger partial charge in [0.05, 0.1) is 23.9 Å². The Hall–Kier alpha value is -3.56. The first-order chi connectivity index (χ1) is 16.9. The van der Waals surface area contributed by atoms with Crippen LogP contribution in [0.3, 0.4) is 0 Å². The molecule has 180 valence electrons. The fourth-order valence-corrected chi connectivity index (χ4v) is 4.17. The molecule has 1 N–H and O–H groups in total. The zero-order valence-corrected chi connectivity index (χ0v) is 20.9. The zero-order valence-electron chi connectivity index (χ0n) is 18.5. The number of ether oxygens (including phenoxy) is 2. The van der Waals surface area contributed by atoms with Crippen LogP contribution in [0.25, 0.3) is 6.08 Å². The zero-order chi connectivity index (χ0) is 24.9. The van der Waals surface area contributed by atoms with E-state index in [1.165, 1.54) is 12.3 Å². The average Bonchev–Trinajstić information content (AvgIpc) is 3.33. The van der Waals surface area contributed by atoms with E-state index in [0.29, 0.717) is 38.9 Å². The Morgan fingerprint density at radius 2 is 1.91 bits per heavy atom. The number of imide groups is 2. The SMILES string of the molecule is CCOc1cc(/C=C2\C(=O)NC(=O)N(Cc3ccco3)C2=O)cc(Br)c1OCc1ccccc1Cl. The highest BCUT2D eigenvalue weighted by molar-refractivity contribution is 9.10. The number of halogens is 2. The van der Waals surface area contributed by atoms with Gasteiger partial charge in [0.2, 0.25) is 0 Å². The second kappa shape index (κ2) is 10.8. The van der Waals surface area contributed by atoms with Gasteiger partial charge in [0.15, 0.2) is 11.5 Å². The van der Waals surface area contributed by atoms with Crippen molar-refractivity contribution in [3.8, 4) is 11.5 Å². The Balaban J connectivity index is 1.62. The molecule has 4 rings (SSSR count). The van der Waals surface area contributed by atoms with Crippen molar-refractivity contribution < 1.29 is 28.3 Å². The number of rotatable bonds is 8. The second-order valence-corrected chi connectivity index (χ2v) is 8.69. The molecule has 1 aromatic heterocycles. The van der Waals surface area contributed by atoms with E-state index in [1.54, 1.807) is 30.3 Å². The summed E-state index contributed by atoms with van der Waals surface area (Å²) in [5.41, 5.74) is 1.10. The van der Waals surface area contributed by atoms with Crippen molar-refractivity contribution in [3.63, 3.8) is 0 Å². The Bertz CT molecular complexity index is 1310. The molecular weight excluding hydrogens is 540 g/mol. The predicted molar refractivity (Wildman–Crippen MR) is 132 cm³/mol. The van der Waals surface area contributed by atoms with Crippen LogP contribution in [0, 0.1) is 0 Å². The molecule has 0 radical (unpaired) electrons. The molecule has 0 aliphatic carbocycles. The Morgan fingerprint density at radius 3 is 2.63 bits per heavy atom. The Labute approximate surface area is 214 Å². The van der Waals surface area contributed by atoms with Gasteiger partial charge in [0.25, 0.3) is 11.8 Å². The standard InChI is InChI=1S/C25H20BrClN2O6/c1-2-33-21-12-15(11-19(26)22(21)35-14-16-6-3-4-8-20(16)27)10-18-23(30)28-25(32)29(24(18)31)13-17-7-5-9-34-17/h3-12H,2,13-14H2,1H3,(H,28,30,32)/b18-10+. The van der Waals surface area contributed by atoms with E-state index >= 15 is 0 Å². The summed E-state index contributed by atoms with van der Waals surface area (Å²) in [4.78, 5) is 38.6. The van der Waals surface area contributed by atoms with E-state index in [-0.39, 0.29) is 18.7 Å². The number of hydrogen-bond donors (Lipinski definition) is 1. The van der Waals surface area contributed by atoms with Gasteiger partial charge in [-0.05, 0) is 64.8 Å². The summed E-state index contributed by atoms with van der Waals surface area (Å²) < 4.78 is 17.5. The highest BCUT2D eigenvalue weighted by Crippen LogP contribution is 2.38. The van der Waals surface area contributed by atoms with Crippen LogP contribution in [-0.4, -0.2) is 29.4 Å². The molecular formula is C25H20BrClN2O6. The minimum atomic E-state index is -0.812. The first-order valence-corrected chi connectivity index (χ1v) is 11.8. The van der Waals surface area contributed by atoms with Crippen LogP contribution in [0.5, 0.6) is 11.5 Å². The molecule has 4 amide bonds. The molecule has 0 saturated carbocycles. The van der Waals surface area contributed by atoms with E-state index in [1.807, 2.05) is 25.1 Å². The van der Waals surface area contributed by atoms with Crippen molar-refractivity contribution in [2.75, 3.05) is 6.61 Å². The number of furan rings is 1. The quantitative estimate of drug-likeness (QED) is 0.296. The minimum Gasteiger partial charge on any atom is -0.490 e. The monoisotopic (exact) mass is 558 g/mol. The molecule has 8 nitrogen and oxygen atoms in total. The van der Waals surface area contributed by atoms with E-state index < -0.39 is 17.8 Å². The largest absolute Gasteiger partial charge is 0.490 e. The van der Waals surface area contributed by atoms with Crippen LogP contribution in [0.1, 0.15) is 23.8 Å². The van der Waals surface area contributed by atoms with Crippen LogP contribution in [0.4, 0.5) is 4.79 Å². The molecule has 1 fully saturated rings. The van der Waals surface area contributed by atoms with Crippen LogP contribution >= 0.6 is 27.5 Å². The van der Waals surface area contributed by atoms with Crippen molar-refractivity contribution in [2.45, 2.75) is 20.1 Å². The highest BCUT2D eigenvalue weighted by Gasteiger charge is 2.36. The van der Waals surface area contributed by atoms with Crippen LogP contribution in [-0.2, 0) is 22.7 Å². The van der Waals surface area contributed by atoms with Gasteiger partial charge in [-0.1, -0.05) is 29.8 Å². The molecule has 0 spiro atoms. The number of amides is 4. The maximum absolute atomic E-state index is 13.0. The first-order valence-electron chi connectivity index (χ1n) is 10.6. The third-order valence-electron chi connectivity index (χ3n) is 5.05. The van der Waals surface area contributed by atoms with Gasteiger partial charge < -0.3 is 13.9 Å². The molecule has 0 atom stereocenters. The maximum Gasteiger partial charge on any atom is 0.331 e. The van der Waals surface area contributed by atoms with E-state index in [0.717, 1.165) is 10.5 Å². The molecule has 35 heavy (non-hydrogen) atoms. The van der Waals surface area contributed by atoms with Crippen molar-refractivity contribution in [2.24, 2.45) is 0 Å². The lowest BCUT2D eigenvalue weighted by Crippen LogP contribution is -2.53. The van der Waals surface area contributed by atoms with Crippen molar-refractivity contribution in [1.82, 2.24) is 10.2 Å². The van der Waals surface area contributed by atoms with Crippen molar-refractivity contribution in [3.05, 3.63) is 86.7 Å². The average molecular weight is 560 g/mol. The van der Waals surface area contributed by atoms with Crippen LogP contribution in [0.2, 0.25) is 5.02 Å². The summed E-state index contributed by atoms with van der Waals surface area (Å²) in [6, 6.07) is 13.1. The molecule has 10 heteroatoms. The van der Waals surface area contributed by atoms with Crippen molar-refractivity contribution in [1.29, 1.82) is 0 Å². The third kappa shape index (κ3) is 5.58. The lowest BCUT2D eigenvalue weighted by molar-refractivity contribution is -0.130. The number of nitrogens with zero attached hydrogens (tertiary/aromatic N) is 1. The summed E-state index contributed by atoms with van der Waals surface area (Å²) in [7, 11) is 0. The van der Waals surface area contributed by atoms with Crippen LogP contribution < -0.4 is 14.8 Å². The number of barbiturate groups is 1. The van der Waals surface area contributed by atoms with Gasteiger partial charge in [-0.2, -0.15) is 0 Å². The number of hydrogen-bond acceptors (Lipinski definition) is 6. The second-order valence-electron chi connectivity index (χ2n) is 7.43. The Kier molecular flexibility index (Phi) is 7.57. The fraction of sp³-hybridized carbons (Fsp3) is 0.160. The Morgan fingerprint density at radius 1 is 1.11 bits per heavy atom. The summed E-state index contributed by atoms with van der Waals surface area (Å²) in [5.74, 6) is -0.258. The van der Waals surface area contributed by atoms with E-state index in [9.17, 15) is 14.4 Å². The van der Waals surface area contributed by atoms with E-state index in [2.05, 4.69) is 21.2 Å². The lowest BCUT2D eigenvalue weighted by atomic mass is 10.1. The van der Waals surface area contributed by atoms with Crippen LogP contribution in [0.15, 0.2) is 69.3 Å². The molecule has 2 heterocycles. The normalized spacial score (nSPS) is 14.9. The maximum atomic E-state index is 13.0. The fourth-order valence-electron chi connectivity index (χ4n) is 3.40. The molecule has 1 aliphatic heterocycles. The van der Waals surface area contributed by atoms with Gasteiger partial charge in [-0.3, -0.25) is 19.8 Å². The molecule has 2 aromatic carbocycles. The number of benzene rings is 2. The smallest absolute Gasteiger partial charge is 0.331 e. The summed E-state index contributed by atoms with van der Waals surface area (Å²) in [6.07, 6.45) is 2.83. The van der Waals surface area contributed by atoms with Gasteiger partial charge in [-0.15, -0.1) is 0 Å². The van der Waals surface area contributed by atoms with Gasteiger partial charge >= 0.3 is 6.03 Å². The molecule has 1 aliphatic rings. The van der Waals surface area contributed by atoms with Gasteiger partial charge in [0, 0.05) is 10.6 Å². The number of nitrogens with one attached hydrogen (secondary N) is 1. The predicted octanol–water partition coefficient (Wildman–Crippen LogP) is 5.34. The summed E-state index contributed by atoms with van der Waals surface area (Å²) in [6.45, 7) is 2.29. The third-order valence-corrected chi connectivity index (χ3v) is 6.01. The highest BCUT2D eigenvalue weighted by atomic mass is 79.9. The minimum absolute atomic E-state index is 0.106. The molecule has 3 aromatic rings. The van der Waals surface area contributed by atoms with Gasteiger partial charge in [-0.25, -0.2) is 4.79 Å². The summed E-state index contributed by atoms with van der Waals surface area (Å²) >= 11 is 9.71. The molecule has 1 saturated heterocycles. The van der Waals surface area contributed by atoms with Crippen molar-refractivity contribution >= 4 is 51.5 Å². The number of carbonyl (C=O) groups is 3. The first kappa shape index (κ1) is 24.6. The van der Waals surface area contributed by atoms with E-state index in [4.69, 9.17) is 25.5 Å². The lowest BCUT2D eigenvalue weighted by Gasteiger charge is -2.25. The number of urea groups is 1. The van der Waals surface area contributed by atoms with Gasteiger partial charge in [0.1, 0.15) is 17.9 Å². The summed E-state index contributed by atoms with van der Waals surface area (Å²) in [5, 5.41) is 2.77. The molecule has 0 unspecified atom stereocenters.